The first kappa shape index (κ1) is 14.8. The lowest BCUT2D eigenvalue weighted by Crippen LogP contribution is -2.53. The van der Waals surface area contributed by atoms with Crippen molar-refractivity contribution in [2.75, 3.05) is 13.1 Å². The molecule has 0 spiro atoms. The van der Waals surface area contributed by atoms with Gasteiger partial charge < -0.3 is 20.5 Å². The lowest BCUT2D eigenvalue weighted by atomic mass is 10.0. The van der Waals surface area contributed by atoms with Crippen molar-refractivity contribution in [3.05, 3.63) is 29.8 Å². The third-order valence-corrected chi connectivity index (χ3v) is 3.44. The summed E-state index contributed by atoms with van der Waals surface area (Å²) in [7, 11) is 0. The number of nitrogens with zero attached hydrogens (tertiary/aromatic N) is 1. The lowest BCUT2D eigenvalue weighted by molar-refractivity contribution is -0.144. The van der Waals surface area contributed by atoms with Crippen molar-refractivity contribution in [3.63, 3.8) is 0 Å². The van der Waals surface area contributed by atoms with Crippen molar-refractivity contribution in [2.24, 2.45) is 5.73 Å². The molecule has 110 valence electrons. The van der Waals surface area contributed by atoms with E-state index in [0.29, 0.717) is 19.5 Å². The van der Waals surface area contributed by atoms with Gasteiger partial charge in [0.2, 0.25) is 5.91 Å². The van der Waals surface area contributed by atoms with E-state index >= 15 is 0 Å². The Bertz CT molecular complexity index is 451. The Morgan fingerprint density at radius 1 is 1.35 bits per heavy atom. The molecule has 0 bridgehead atoms. The minimum atomic E-state index is -0.558. The van der Waals surface area contributed by atoms with Gasteiger partial charge in [-0.15, -0.1) is 0 Å². The van der Waals surface area contributed by atoms with Gasteiger partial charge in [-0.1, -0.05) is 12.1 Å². The molecule has 3 atom stereocenters. The maximum atomic E-state index is 12.4. The molecule has 0 saturated carbocycles. The molecule has 0 aromatic heterocycles. The predicted octanol–water partition coefficient (Wildman–Crippen LogP) is 0.898. The summed E-state index contributed by atoms with van der Waals surface area (Å²) in [5, 5.41) is 9.24. The Labute approximate surface area is 119 Å². The molecule has 2 rings (SSSR count). The molecule has 1 aromatic carbocycles. The highest BCUT2D eigenvalue weighted by Crippen LogP contribution is 2.14. The Morgan fingerprint density at radius 3 is 2.45 bits per heavy atom. The summed E-state index contributed by atoms with van der Waals surface area (Å²) in [5.74, 6) is 0.171. The first-order chi connectivity index (χ1) is 9.45. The average Bonchev–Trinajstić information content (AvgIpc) is 2.39. The smallest absolute Gasteiger partial charge is 0.240 e. The van der Waals surface area contributed by atoms with E-state index in [1.807, 2.05) is 13.8 Å². The van der Waals surface area contributed by atoms with Crippen LogP contribution in [0.1, 0.15) is 19.4 Å². The molecular weight excluding hydrogens is 256 g/mol. The summed E-state index contributed by atoms with van der Waals surface area (Å²) in [6, 6.07) is 6.22. The number of hydrogen-bond acceptors (Lipinski definition) is 4. The zero-order valence-electron chi connectivity index (χ0n) is 12.0. The number of hydrogen-bond donors (Lipinski definition) is 2. The monoisotopic (exact) mass is 278 g/mol. The van der Waals surface area contributed by atoms with Crippen LogP contribution in [0.2, 0.25) is 0 Å². The van der Waals surface area contributed by atoms with Gasteiger partial charge in [0.1, 0.15) is 5.75 Å². The van der Waals surface area contributed by atoms with Crippen LogP contribution in [0.4, 0.5) is 0 Å². The van der Waals surface area contributed by atoms with Crippen molar-refractivity contribution in [1.29, 1.82) is 0 Å². The van der Waals surface area contributed by atoms with Gasteiger partial charge in [0.15, 0.2) is 0 Å². The van der Waals surface area contributed by atoms with Crippen LogP contribution in [-0.4, -0.2) is 47.3 Å². The predicted molar refractivity (Wildman–Crippen MR) is 76.4 cm³/mol. The van der Waals surface area contributed by atoms with Crippen LogP contribution in [-0.2, 0) is 16.0 Å². The summed E-state index contributed by atoms with van der Waals surface area (Å²) in [5.41, 5.74) is 6.96. The molecule has 20 heavy (non-hydrogen) atoms. The van der Waals surface area contributed by atoms with Crippen molar-refractivity contribution >= 4 is 5.91 Å². The number of morpholine rings is 1. The summed E-state index contributed by atoms with van der Waals surface area (Å²) in [6.45, 7) is 5.10. The van der Waals surface area contributed by atoms with Gasteiger partial charge in [0.25, 0.3) is 0 Å². The fourth-order valence-corrected chi connectivity index (χ4v) is 2.57. The molecule has 5 heteroatoms. The highest BCUT2D eigenvalue weighted by Gasteiger charge is 2.28. The molecule has 1 heterocycles. The van der Waals surface area contributed by atoms with E-state index in [-0.39, 0.29) is 23.9 Å². The van der Waals surface area contributed by atoms with E-state index in [4.69, 9.17) is 10.5 Å². The van der Waals surface area contributed by atoms with E-state index in [9.17, 15) is 9.90 Å². The second kappa shape index (κ2) is 6.24. The first-order valence-electron chi connectivity index (χ1n) is 6.93. The zero-order chi connectivity index (χ0) is 14.7. The fourth-order valence-electron chi connectivity index (χ4n) is 2.57. The van der Waals surface area contributed by atoms with Gasteiger partial charge in [-0.25, -0.2) is 0 Å². The third-order valence-electron chi connectivity index (χ3n) is 3.44. The van der Waals surface area contributed by atoms with Crippen molar-refractivity contribution in [2.45, 2.75) is 38.5 Å². The van der Waals surface area contributed by atoms with Crippen LogP contribution < -0.4 is 5.73 Å². The molecule has 1 aromatic rings. The summed E-state index contributed by atoms with van der Waals surface area (Å²) in [4.78, 5) is 14.1. The third kappa shape index (κ3) is 3.71. The zero-order valence-corrected chi connectivity index (χ0v) is 12.0. The minimum absolute atomic E-state index is 0.0416. The molecule has 0 aliphatic carbocycles. The Balaban J connectivity index is 1.96. The van der Waals surface area contributed by atoms with E-state index in [1.165, 1.54) is 0 Å². The quantitative estimate of drug-likeness (QED) is 0.861. The SMILES string of the molecule is CC1CN(C(=O)[C@@H](N)Cc2ccc(O)cc2)CC(C)O1. The molecule has 0 radical (unpaired) electrons. The van der Waals surface area contributed by atoms with Crippen LogP contribution in [0.15, 0.2) is 24.3 Å². The number of rotatable bonds is 3. The minimum Gasteiger partial charge on any atom is -0.508 e. The molecule has 1 fully saturated rings. The van der Waals surface area contributed by atoms with Crippen LogP contribution in [0, 0.1) is 0 Å². The highest BCUT2D eigenvalue weighted by atomic mass is 16.5. The standard InChI is InChI=1S/C15H22N2O3/c1-10-8-17(9-11(2)20-10)15(19)14(16)7-12-3-5-13(18)6-4-12/h3-6,10-11,14,18H,7-9,16H2,1-2H3/t10?,11?,14-/m0/s1. The molecular formula is C15H22N2O3. The van der Waals surface area contributed by atoms with Crippen LogP contribution in [0.25, 0.3) is 0 Å². The van der Waals surface area contributed by atoms with Crippen LogP contribution >= 0.6 is 0 Å². The van der Waals surface area contributed by atoms with E-state index in [0.717, 1.165) is 5.56 Å². The van der Waals surface area contributed by atoms with Gasteiger partial charge in [-0.05, 0) is 38.0 Å². The molecule has 1 aliphatic rings. The van der Waals surface area contributed by atoms with Gasteiger partial charge in [0.05, 0.1) is 18.2 Å². The molecule has 5 nitrogen and oxygen atoms in total. The largest absolute Gasteiger partial charge is 0.508 e. The second-order valence-corrected chi connectivity index (χ2v) is 5.48. The molecule has 1 aliphatic heterocycles. The number of nitrogens with two attached hydrogens (primary N) is 1. The second-order valence-electron chi connectivity index (χ2n) is 5.48. The number of ether oxygens (including phenoxy) is 1. The van der Waals surface area contributed by atoms with Crippen molar-refractivity contribution in [1.82, 2.24) is 4.90 Å². The van der Waals surface area contributed by atoms with Crippen molar-refractivity contribution in [3.8, 4) is 5.75 Å². The Kier molecular flexibility index (Phi) is 4.62. The van der Waals surface area contributed by atoms with Gasteiger partial charge in [0, 0.05) is 13.1 Å². The number of benzene rings is 1. The van der Waals surface area contributed by atoms with E-state index in [2.05, 4.69) is 0 Å². The van der Waals surface area contributed by atoms with Crippen molar-refractivity contribution < 1.29 is 14.6 Å². The Morgan fingerprint density at radius 2 is 1.90 bits per heavy atom. The number of carbonyl (C=O) groups excluding carboxylic acids is 1. The molecule has 2 unspecified atom stereocenters. The summed E-state index contributed by atoms with van der Waals surface area (Å²) >= 11 is 0. The number of aromatic hydroxyl groups is 1. The number of phenolic OH excluding ortho intramolecular Hbond substituents is 1. The number of phenols is 1. The highest BCUT2D eigenvalue weighted by molar-refractivity contribution is 5.82. The molecule has 1 amide bonds. The fraction of sp³-hybridized carbons (Fsp3) is 0.533. The van der Waals surface area contributed by atoms with Crippen LogP contribution in [0.3, 0.4) is 0 Å². The van der Waals surface area contributed by atoms with E-state index < -0.39 is 6.04 Å². The van der Waals surface area contributed by atoms with Gasteiger partial charge in [-0.3, -0.25) is 4.79 Å². The maximum Gasteiger partial charge on any atom is 0.240 e. The average molecular weight is 278 g/mol. The molecule has 1 saturated heterocycles. The topological polar surface area (TPSA) is 75.8 Å². The summed E-state index contributed by atoms with van der Waals surface area (Å²) < 4.78 is 5.62. The first-order valence-corrected chi connectivity index (χ1v) is 6.93. The maximum absolute atomic E-state index is 12.4. The number of amides is 1. The number of carbonyl (C=O) groups is 1. The summed E-state index contributed by atoms with van der Waals surface area (Å²) in [6.07, 6.45) is 0.561. The lowest BCUT2D eigenvalue weighted by Gasteiger charge is -2.36. The van der Waals surface area contributed by atoms with E-state index in [1.54, 1.807) is 29.2 Å². The van der Waals surface area contributed by atoms with Gasteiger partial charge in [-0.2, -0.15) is 0 Å². The van der Waals surface area contributed by atoms with Crippen LogP contribution in [0.5, 0.6) is 5.75 Å². The van der Waals surface area contributed by atoms with Gasteiger partial charge >= 0.3 is 0 Å². The molecule has 3 N–H and O–H groups in total. The Hall–Kier alpha value is -1.59. The normalized spacial score (nSPS) is 24.4.